The lowest BCUT2D eigenvalue weighted by Crippen LogP contribution is -2.20. The number of nitrogens with zero attached hydrogens (tertiary/aromatic N) is 5. The van der Waals surface area contributed by atoms with Crippen LogP contribution in [0.25, 0.3) is 38.9 Å². The van der Waals surface area contributed by atoms with Crippen molar-refractivity contribution in [1.82, 2.24) is 24.1 Å². The van der Waals surface area contributed by atoms with Crippen molar-refractivity contribution in [2.45, 2.75) is 39.7 Å². The Balaban J connectivity index is 1.88. The number of rotatable bonds is 5. The summed E-state index contributed by atoms with van der Waals surface area (Å²) in [5.74, 6) is 0. The third kappa shape index (κ3) is 2.96. The van der Waals surface area contributed by atoms with Gasteiger partial charge in [-0.05, 0) is 43.2 Å². The molecule has 2 aromatic carbocycles. The number of hydrogen-bond donors (Lipinski definition) is 0. The molecule has 0 aliphatic carbocycles. The molecule has 0 N–H and O–H groups in total. The van der Waals surface area contributed by atoms with Crippen LogP contribution < -0.4 is 5.56 Å². The normalized spacial score (nSPS) is 11.7. The zero-order valence-corrected chi connectivity index (χ0v) is 17.2. The molecule has 150 valence electrons. The summed E-state index contributed by atoms with van der Waals surface area (Å²) in [6.07, 6.45) is 4.80. The Bertz CT molecular complexity index is 1450. The van der Waals surface area contributed by atoms with Gasteiger partial charge in [-0.3, -0.25) is 13.9 Å². The Morgan fingerprint density at radius 3 is 2.50 bits per heavy atom. The molecule has 3 heterocycles. The molecule has 3 aromatic heterocycles. The summed E-state index contributed by atoms with van der Waals surface area (Å²) in [5.41, 5.74) is 5.43. The lowest BCUT2D eigenvalue weighted by molar-refractivity contribution is 0.584. The van der Waals surface area contributed by atoms with Crippen LogP contribution in [0, 0.1) is 6.92 Å². The molecule has 0 saturated heterocycles. The van der Waals surface area contributed by atoms with Gasteiger partial charge in [0.15, 0.2) is 11.3 Å². The van der Waals surface area contributed by atoms with Crippen LogP contribution in [0.3, 0.4) is 0 Å². The highest BCUT2D eigenvalue weighted by Gasteiger charge is 2.20. The molecule has 0 amide bonds. The predicted octanol–water partition coefficient (Wildman–Crippen LogP) is 4.78. The molecule has 0 unspecified atom stereocenters. The van der Waals surface area contributed by atoms with Crippen LogP contribution >= 0.6 is 0 Å². The van der Waals surface area contributed by atoms with Gasteiger partial charge in [-0.15, -0.1) is 0 Å². The van der Waals surface area contributed by atoms with Crippen LogP contribution in [-0.4, -0.2) is 24.1 Å². The smallest absolute Gasteiger partial charge is 0.265 e. The minimum atomic E-state index is -0.0583. The summed E-state index contributed by atoms with van der Waals surface area (Å²) in [5, 5.41) is 0.531. The second-order valence-electron chi connectivity index (χ2n) is 7.71. The highest BCUT2D eigenvalue weighted by Crippen LogP contribution is 2.28. The lowest BCUT2D eigenvalue weighted by Gasteiger charge is -2.08. The molecule has 5 rings (SSSR count). The molecule has 0 fully saturated rings. The second-order valence-corrected chi connectivity index (χ2v) is 7.71. The molecule has 0 aliphatic heterocycles. The number of aromatic nitrogens is 5. The highest BCUT2D eigenvalue weighted by molar-refractivity contribution is 6.05. The van der Waals surface area contributed by atoms with Crippen molar-refractivity contribution in [2.24, 2.45) is 0 Å². The molecule has 5 aromatic rings. The predicted molar refractivity (Wildman–Crippen MR) is 120 cm³/mol. The Hall–Kier alpha value is -3.54. The first kappa shape index (κ1) is 18.5. The first-order chi connectivity index (χ1) is 14.7. The molecule has 6 heteroatoms. The van der Waals surface area contributed by atoms with Gasteiger partial charge in [0.25, 0.3) is 5.56 Å². The summed E-state index contributed by atoms with van der Waals surface area (Å²) in [6.45, 7) is 4.86. The van der Waals surface area contributed by atoms with Gasteiger partial charge in [0.2, 0.25) is 0 Å². The first-order valence-corrected chi connectivity index (χ1v) is 10.4. The average Bonchev–Trinajstić information content (AvgIpc) is 3.07. The largest absolute Gasteiger partial charge is 0.299 e. The van der Waals surface area contributed by atoms with E-state index < -0.39 is 0 Å². The third-order valence-corrected chi connectivity index (χ3v) is 5.49. The van der Waals surface area contributed by atoms with Crippen LogP contribution in [0.2, 0.25) is 0 Å². The SMILES string of the molecule is CCCCCn1cnc2c(c1=O)c1nc3ccccc3nc1n2-c1cccc(C)c1. The van der Waals surface area contributed by atoms with Gasteiger partial charge < -0.3 is 0 Å². The summed E-state index contributed by atoms with van der Waals surface area (Å²) < 4.78 is 3.66. The number of benzene rings is 2. The van der Waals surface area contributed by atoms with E-state index in [1.54, 1.807) is 10.9 Å². The Morgan fingerprint density at radius 2 is 1.73 bits per heavy atom. The minimum Gasteiger partial charge on any atom is -0.299 e. The molecule has 0 radical (unpaired) electrons. The maximum absolute atomic E-state index is 13.4. The van der Waals surface area contributed by atoms with Crippen molar-refractivity contribution in [2.75, 3.05) is 0 Å². The molecular formula is C24H23N5O. The van der Waals surface area contributed by atoms with Crippen molar-refractivity contribution < 1.29 is 0 Å². The number of unbranched alkanes of at least 4 members (excludes halogenated alkanes) is 2. The van der Waals surface area contributed by atoms with Gasteiger partial charge >= 0.3 is 0 Å². The van der Waals surface area contributed by atoms with Crippen LogP contribution in [0.15, 0.2) is 59.7 Å². The topological polar surface area (TPSA) is 65.6 Å². The molecule has 0 aliphatic rings. The molecule has 0 spiro atoms. The molecule has 0 atom stereocenters. The fourth-order valence-electron chi connectivity index (χ4n) is 3.98. The van der Waals surface area contributed by atoms with Gasteiger partial charge in [0.1, 0.15) is 10.9 Å². The second kappa shape index (κ2) is 7.37. The third-order valence-electron chi connectivity index (χ3n) is 5.49. The number of fused-ring (bicyclic) bond motifs is 4. The Kier molecular flexibility index (Phi) is 4.54. The van der Waals surface area contributed by atoms with Gasteiger partial charge in [0, 0.05) is 12.2 Å². The van der Waals surface area contributed by atoms with Crippen LogP contribution in [0.4, 0.5) is 0 Å². The highest BCUT2D eigenvalue weighted by atomic mass is 16.1. The molecule has 0 saturated carbocycles. The zero-order chi connectivity index (χ0) is 20.7. The zero-order valence-electron chi connectivity index (χ0n) is 17.2. The van der Waals surface area contributed by atoms with E-state index in [-0.39, 0.29) is 5.56 Å². The van der Waals surface area contributed by atoms with Crippen LogP contribution in [-0.2, 0) is 6.54 Å². The Labute approximate surface area is 173 Å². The van der Waals surface area contributed by atoms with Crippen LogP contribution in [0.1, 0.15) is 31.7 Å². The van der Waals surface area contributed by atoms with E-state index in [1.165, 1.54) is 0 Å². The van der Waals surface area contributed by atoms with E-state index in [0.29, 0.717) is 28.7 Å². The standard InChI is InChI=1S/C24H23N5O/c1-3-4-7-13-28-15-25-22-20(24(28)30)21-23(27-19-12-6-5-11-18(19)26-21)29(22)17-10-8-9-16(2)14-17/h5-6,8-12,14-15H,3-4,7,13H2,1-2H3. The molecule has 6 nitrogen and oxygen atoms in total. The number of para-hydroxylation sites is 2. The summed E-state index contributed by atoms with van der Waals surface area (Å²) in [7, 11) is 0. The minimum absolute atomic E-state index is 0.0583. The lowest BCUT2D eigenvalue weighted by atomic mass is 10.2. The van der Waals surface area contributed by atoms with Crippen LogP contribution in [0.5, 0.6) is 0 Å². The quantitative estimate of drug-likeness (QED) is 0.400. The molecule has 30 heavy (non-hydrogen) atoms. The van der Waals surface area contributed by atoms with Crippen molar-refractivity contribution in [3.63, 3.8) is 0 Å². The van der Waals surface area contributed by atoms with E-state index in [1.807, 2.05) is 54.0 Å². The molecule has 0 bridgehead atoms. The van der Waals surface area contributed by atoms with Gasteiger partial charge in [-0.25, -0.2) is 15.0 Å². The Morgan fingerprint density at radius 1 is 0.933 bits per heavy atom. The summed E-state index contributed by atoms with van der Waals surface area (Å²) in [4.78, 5) is 27.8. The summed E-state index contributed by atoms with van der Waals surface area (Å²) >= 11 is 0. The van der Waals surface area contributed by atoms with Crippen molar-refractivity contribution in [3.05, 3.63) is 70.8 Å². The van der Waals surface area contributed by atoms with E-state index in [9.17, 15) is 4.79 Å². The number of hydrogen-bond acceptors (Lipinski definition) is 4. The fraction of sp³-hybridized carbons (Fsp3) is 0.250. The van der Waals surface area contributed by atoms with E-state index >= 15 is 0 Å². The number of aryl methyl sites for hydroxylation is 2. The first-order valence-electron chi connectivity index (χ1n) is 10.4. The molecular weight excluding hydrogens is 374 g/mol. The van der Waals surface area contributed by atoms with Crippen molar-refractivity contribution in [3.8, 4) is 5.69 Å². The van der Waals surface area contributed by atoms with E-state index in [0.717, 1.165) is 41.5 Å². The van der Waals surface area contributed by atoms with E-state index in [4.69, 9.17) is 15.0 Å². The maximum atomic E-state index is 13.4. The maximum Gasteiger partial charge on any atom is 0.265 e. The van der Waals surface area contributed by atoms with E-state index in [2.05, 4.69) is 13.0 Å². The fourth-order valence-corrected chi connectivity index (χ4v) is 3.98. The monoisotopic (exact) mass is 397 g/mol. The van der Waals surface area contributed by atoms with Gasteiger partial charge in [-0.2, -0.15) is 0 Å². The van der Waals surface area contributed by atoms with Gasteiger partial charge in [0.05, 0.1) is 17.4 Å². The van der Waals surface area contributed by atoms with Crippen molar-refractivity contribution in [1.29, 1.82) is 0 Å². The van der Waals surface area contributed by atoms with Crippen molar-refractivity contribution >= 4 is 33.2 Å². The van der Waals surface area contributed by atoms with Gasteiger partial charge in [-0.1, -0.05) is 44.0 Å². The average molecular weight is 397 g/mol. The summed E-state index contributed by atoms with van der Waals surface area (Å²) in [6, 6.07) is 15.9.